The highest BCUT2D eigenvalue weighted by molar-refractivity contribution is 5.90. The summed E-state index contributed by atoms with van der Waals surface area (Å²) in [6, 6.07) is 7.21. The average molecular weight is 619 g/mol. The molecule has 4 aliphatic heterocycles. The molecule has 14 heteroatoms. The molecule has 2 aromatic rings. The highest BCUT2D eigenvalue weighted by Gasteiger charge is 2.47. The van der Waals surface area contributed by atoms with Crippen LogP contribution in [0.4, 0.5) is 0 Å². The lowest BCUT2D eigenvalue weighted by Crippen LogP contribution is -2.59. The summed E-state index contributed by atoms with van der Waals surface area (Å²) < 4.78 is 33.8. The average Bonchev–Trinajstić information content (AvgIpc) is 3.60. The molecule has 0 spiro atoms. The Hall–Kier alpha value is -3.82. The lowest BCUT2D eigenvalue weighted by molar-refractivity contribution is -0.365. The number of aryl methyl sites for hydroxylation is 1. The van der Waals surface area contributed by atoms with Gasteiger partial charge in [-0.15, -0.1) is 0 Å². The van der Waals surface area contributed by atoms with E-state index in [1.165, 1.54) is 0 Å². The third kappa shape index (κ3) is 5.95. The molecule has 0 saturated carbocycles. The zero-order valence-corrected chi connectivity index (χ0v) is 23.9. The van der Waals surface area contributed by atoms with E-state index in [1.807, 2.05) is 12.1 Å². The van der Waals surface area contributed by atoms with E-state index in [0.717, 1.165) is 36.0 Å². The maximum Gasteiger partial charge on any atom is 0.317 e. The molecular formula is C30H34O14. The first-order chi connectivity index (χ1) is 21.2. The van der Waals surface area contributed by atoms with Crippen LogP contribution in [0.25, 0.3) is 0 Å². The molecule has 6 rings (SSSR count). The van der Waals surface area contributed by atoms with Crippen molar-refractivity contribution < 1.29 is 68.2 Å². The minimum atomic E-state index is -1.77. The van der Waals surface area contributed by atoms with Gasteiger partial charge in [0.15, 0.2) is 29.6 Å². The van der Waals surface area contributed by atoms with Gasteiger partial charge in [-0.25, -0.2) is 0 Å². The van der Waals surface area contributed by atoms with Crippen molar-refractivity contribution in [2.75, 3.05) is 20.0 Å². The quantitative estimate of drug-likeness (QED) is 0.0939. The summed E-state index contributed by atoms with van der Waals surface area (Å²) in [4.78, 5) is 33.2. The highest BCUT2D eigenvalue weighted by Crippen LogP contribution is 2.55. The summed E-state index contributed by atoms with van der Waals surface area (Å²) in [5.74, 6) is 0.346. The van der Waals surface area contributed by atoms with Gasteiger partial charge in [-0.2, -0.15) is 4.89 Å². The van der Waals surface area contributed by atoms with Crippen LogP contribution in [-0.2, 0) is 30.4 Å². The fourth-order valence-corrected chi connectivity index (χ4v) is 5.84. The summed E-state index contributed by atoms with van der Waals surface area (Å²) in [6.45, 7) is 2.08. The number of benzene rings is 2. The lowest BCUT2D eigenvalue weighted by atomic mass is 9.87. The molecule has 0 unspecified atom stereocenters. The van der Waals surface area contributed by atoms with Gasteiger partial charge in [-0.05, 0) is 36.6 Å². The van der Waals surface area contributed by atoms with E-state index in [1.54, 1.807) is 12.1 Å². The Bertz CT molecular complexity index is 1390. The van der Waals surface area contributed by atoms with Gasteiger partial charge in [-0.3, -0.25) is 9.59 Å². The van der Waals surface area contributed by atoms with Gasteiger partial charge in [0.1, 0.15) is 48.9 Å². The number of fused-ring (bicyclic) bond motifs is 6. The lowest BCUT2D eigenvalue weighted by Gasteiger charge is -2.39. The Balaban J connectivity index is 1.18. The number of carboxylic acids is 1. The molecule has 4 heterocycles. The highest BCUT2D eigenvalue weighted by atomic mass is 17.2. The van der Waals surface area contributed by atoms with E-state index >= 15 is 0 Å². The molecule has 0 aliphatic carbocycles. The number of unbranched alkanes of at least 4 members (excludes halogenated alkanes) is 2. The molecule has 2 aromatic carbocycles. The van der Waals surface area contributed by atoms with Crippen LogP contribution in [0, 0.1) is 0 Å². The van der Waals surface area contributed by atoms with Crippen LogP contribution in [0.5, 0.6) is 28.7 Å². The molecule has 0 aromatic heterocycles. The Kier molecular flexibility index (Phi) is 8.69. The number of aliphatic hydroxyl groups is 3. The van der Waals surface area contributed by atoms with Crippen molar-refractivity contribution in [3.63, 3.8) is 0 Å². The van der Waals surface area contributed by atoms with Crippen LogP contribution >= 0.6 is 0 Å². The minimum absolute atomic E-state index is 0.112. The van der Waals surface area contributed by atoms with Gasteiger partial charge in [0, 0.05) is 17.2 Å². The largest absolute Gasteiger partial charge is 0.492 e. The second-order valence-electron chi connectivity index (χ2n) is 11.1. The number of esters is 1. The molecule has 0 bridgehead atoms. The molecule has 1 saturated heterocycles. The third-order valence-corrected chi connectivity index (χ3v) is 8.08. The number of aliphatic hydroxyl groups excluding tert-OH is 3. The molecule has 14 nitrogen and oxygen atoms in total. The summed E-state index contributed by atoms with van der Waals surface area (Å²) >= 11 is 0. The molecule has 0 amide bonds. The van der Waals surface area contributed by atoms with Crippen LogP contribution in [0.1, 0.15) is 61.3 Å². The second-order valence-corrected chi connectivity index (χ2v) is 11.1. The van der Waals surface area contributed by atoms with Crippen molar-refractivity contribution in [3.8, 4) is 28.7 Å². The van der Waals surface area contributed by atoms with Gasteiger partial charge < -0.3 is 53.7 Å². The zero-order chi connectivity index (χ0) is 31.0. The molecule has 4 aliphatic rings. The Labute approximate surface area is 251 Å². The molecular weight excluding hydrogens is 584 g/mol. The molecule has 44 heavy (non-hydrogen) atoms. The maximum atomic E-state index is 11.5. The fourth-order valence-electron chi connectivity index (χ4n) is 5.84. The fraction of sp³-hybridized carbons (Fsp3) is 0.533. The van der Waals surface area contributed by atoms with Gasteiger partial charge in [0.05, 0.1) is 12.5 Å². The number of aliphatic carboxylic acids is 1. The Morgan fingerprint density at radius 2 is 1.75 bits per heavy atom. The van der Waals surface area contributed by atoms with Crippen molar-refractivity contribution >= 4 is 11.9 Å². The Morgan fingerprint density at radius 3 is 2.52 bits per heavy atom. The van der Waals surface area contributed by atoms with E-state index < -0.39 is 55.7 Å². The van der Waals surface area contributed by atoms with Crippen LogP contribution in [0.2, 0.25) is 0 Å². The second kappa shape index (κ2) is 12.7. The van der Waals surface area contributed by atoms with Crippen LogP contribution in [0.15, 0.2) is 24.3 Å². The van der Waals surface area contributed by atoms with Crippen molar-refractivity contribution in [3.05, 3.63) is 41.0 Å². The number of hydrogen-bond acceptors (Lipinski definition) is 13. The predicted octanol–water partition coefficient (Wildman–Crippen LogP) is 1.89. The standard InChI is InChI=1S/C30H34O14/c1-2-3-4-5-14-6-15(43-44-29-26(35)25(34)22(42-30(29)36)12-37-24(33)10-23(31)32)7-17-27(14)38-11-18-16-8-20-21(40-13-39-20)9-19(16)41-28(17)18/h6-9,18,22,25-26,28-30,34-36H,2-5,10-13H2,1H3,(H,31,32)/t18-,22-,25-,26+,28-,29-,30-/m1/s1. The summed E-state index contributed by atoms with van der Waals surface area (Å²) in [5, 5.41) is 40.4. The number of carboxylic acid groups (broad SMARTS) is 1. The molecule has 1 fully saturated rings. The van der Waals surface area contributed by atoms with Crippen molar-refractivity contribution in [2.24, 2.45) is 0 Å². The first-order valence-corrected chi connectivity index (χ1v) is 14.5. The van der Waals surface area contributed by atoms with Gasteiger partial charge in [0.2, 0.25) is 6.79 Å². The van der Waals surface area contributed by atoms with Crippen LogP contribution < -0.4 is 23.8 Å². The summed E-state index contributed by atoms with van der Waals surface area (Å²) in [6.07, 6.45) is -5.61. The van der Waals surface area contributed by atoms with Crippen LogP contribution in [0.3, 0.4) is 0 Å². The molecule has 238 valence electrons. The van der Waals surface area contributed by atoms with Gasteiger partial charge in [0.25, 0.3) is 0 Å². The minimum Gasteiger partial charge on any atom is -0.492 e. The number of rotatable bonds is 11. The third-order valence-electron chi connectivity index (χ3n) is 8.08. The van der Waals surface area contributed by atoms with Crippen molar-refractivity contribution in [1.82, 2.24) is 0 Å². The smallest absolute Gasteiger partial charge is 0.317 e. The summed E-state index contributed by atoms with van der Waals surface area (Å²) in [7, 11) is 0. The summed E-state index contributed by atoms with van der Waals surface area (Å²) in [5.41, 5.74) is 2.57. The Morgan fingerprint density at radius 1 is 0.955 bits per heavy atom. The number of carbonyl (C=O) groups excluding carboxylic acids is 1. The van der Waals surface area contributed by atoms with Gasteiger partial charge >= 0.3 is 11.9 Å². The predicted molar refractivity (Wildman–Crippen MR) is 145 cm³/mol. The normalized spacial score (nSPS) is 27.8. The van der Waals surface area contributed by atoms with Gasteiger partial charge in [-0.1, -0.05) is 19.8 Å². The molecule has 0 radical (unpaired) electrons. The van der Waals surface area contributed by atoms with E-state index in [0.29, 0.717) is 36.0 Å². The van der Waals surface area contributed by atoms with E-state index in [-0.39, 0.29) is 24.6 Å². The van der Waals surface area contributed by atoms with E-state index in [9.17, 15) is 24.9 Å². The van der Waals surface area contributed by atoms with Crippen molar-refractivity contribution in [1.29, 1.82) is 0 Å². The maximum absolute atomic E-state index is 11.5. The monoisotopic (exact) mass is 618 g/mol. The van der Waals surface area contributed by atoms with Crippen LogP contribution in [-0.4, -0.2) is 83.1 Å². The first-order valence-electron chi connectivity index (χ1n) is 14.5. The number of carbonyl (C=O) groups is 2. The number of ether oxygens (including phenoxy) is 6. The first kappa shape index (κ1) is 30.2. The van der Waals surface area contributed by atoms with Crippen molar-refractivity contribution in [2.45, 2.75) is 81.8 Å². The SMILES string of the molecule is CCCCCc1cc(OO[C@@H]2[C@@H](O)[C@H](O)[C@@H](COC(=O)CC(=O)O)O[C@H]2O)cc2c1OC[C@@H]1c3cc4c(cc3O[C@H]21)OCO4. The molecule has 4 N–H and O–H groups in total. The molecule has 7 atom stereocenters. The topological polar surface area (TPSA) is 189 Å². The zero-order valence-electron chi connectivity index (χ0n) is 23.9. The van der Waals surface area contributed by atoms with E-state index in [4.69, 9.17) is 43.3 Å². The van der Waals surface area contributed by atoms with E-state index in [2.05, 4.69) is 6.92 Å². The number of hydrogen-bond donors (Lipinski definition) is 4.